The lowest BCUT2D eigenvalue weighted by molar-refractivity contribution is -0.117. The van der Waals surface area contributed by atoms with E-state index in [0.29, 0.717) is 18.7 Å². The van der Waals surface area contributed by atoms with E-state index in [4.69, 9.17) is 4.74 Å². The molecule has 2 amide bonds. The molecule has 3 aromatic carbocycles. The number of fused-ring (bicyclic) bond motifs is 1. The highest BCUT2D eigenvalue weighted by molar-refractivity contribution is 6.07. The summed E-state index contributed by atoms with van der Waals surface area (Å²) in [6.45, 7) is 6.40. The maximum atomic E-state index is 12.7. The molecule has 0 saturated carbocycles. The summed E-state index contributed by atoms with van der Waals surface area (Å²) in [4.78, 5) is 25.4. The van der Waals surface area contributed by atoms with Crippen molar-refractivity contribution in [3.8, 4) is 5.75 Å². The lowest BCUT2D eigenvalue weighted by Gasteiger charge is -2.13. The van der Waals surface area contributed by atoms with Crippen LogP contribution in [-0.2, 0) is 4.79 Å². The van der Waals surface area contributed by atoms with E-state index in [2.05, 4.69) is 17.2 Å². The summed E-state index contributed by atoms with van der Waals surface area (Å²) < 4.78 is 5.72. The van der Waals surface area contributed by atoms with Crippen molar-refractivity contribution in [1.82, 2.24) is 10.6 Å². The van der Waals surface area contributed by atoms with Crippen molar-refractivity contribution in [2.45, 2.75) is 6.92 Å². The summed E-state index contributed by atoms with van der Waals surface area (Å²) in [5.41, 5.74) is 1.42. The molecule has 0 aromatic heterocycles. The lowest BCUT2D eigenvalue weighted by atomic mass is 10.0. The predicted octanol–water partition coefficient (Wildman–Crippen LogP) is 4.31. The molecule has 0 aliphatic rings. The molecule has 0 radical (unpaired) electrons. The summed E-state index contributed by atoms with van der Waals surface area (Å²) in [5.74, 6) is 0.0271. The molecule has 152 valence electrons. The van der Waals surface area contributed by atoms with Gasteiger partial charge in [0.2, 0.25) is 0 Å². The minimum absolute atomic E-state index is 0.153. The monoisotopic (exact) mass is 400 g/mol. The zero-order valence-electron chi connectivity index (χ0n) is 16.9. The highest BCUT2D eigenvalue weighted by Gasteiger charge is 2.15. The molecule has 5 nitrogen and oxygen atoms in total. The zero-order chi connectivity index (χ0) is 21.3. The second-order valence-electron chi connectivity index (χ2n) is 6.51. The Kier molecular flexibility index (Phi) is 7.00. The number of benzene rings is 3. The number of ether oxygens (including phenoxy) is 1. The average Bonchev–Trinajstić information content (AvgIpc) is 2.79. The zero-order valence-corrected chi connectivity index (χ0v) is 16.9. The number of rotatable bonds is 8. The van der Waals surface area contributed by atoms with Gasteiger partial charge in [-0.2, -0.15) is 0 Å². The smallest absolute Gasteiger partial charge is 0.268 e. The van der Waals surface area contributed by atoms with Crippen LogP contribution >= 0.6 is 0 Å². The fourth-order valence-corrected chi connectivity index (χ4v) is 3.06. The van der Waals surface area contributed by atoms with E-state index in [1.165, 1.54) is 0 Å². The Morgan fingerprint density at radius 1 is 0.967 bits per heavy atom. The molecule has 0 atom stereocenters. The number of amides is 2. The first-order chi connectivity index (χ1) is 14.6. The number of hydrogen-bond acceptors (Lipinski definition) is 3. The molecule has 30 heavy (non-hydrogen) atoms. The van der Waals surface area contributed by atoms with E-state index in [9.17, 15) is 9.59 Å². The van der Waals surface area contributed by atoms with E-state index < -0.39 is 5.91 Å². The van der Waals surface area contributed by atoms with Crippen molar-refractivity contribution >= 4 is 28.7 Å². The summed E-state index contributed by atoms with van der Waals surface area (Å²) in [6.07, 6.45) is 3.26. The third kappa shape index (κ3) is 4.94. The molecule has 0 aliphatic heterocycles. The second-order valence-corrected chi connectivity index (χ2v) is 6.51. The molecule has 3 rings (SSSR count). The molecule has 0 fully saturated rings. The summed E-state index contributed by atoms with van der Waals surface area (Å²) >= 11 is 0. The number of hydrogen-bond donors (Lipinski definition) is 2. The van der Waals surface area contributed by atoms with Gasteiger partial charge in [-0.3, -0.25) is 9.59 Å². The van der Waals surface area contributed by atoms with Gasteiger partial charge in [0.25, 0.3) is 11.8 Å². The van der Waals surface area contributed by atoms with Gasteiger partial charge in [-0.15, -0.1) is 6.58 Å². The van der Waals surface area contributed by atoms with E-state index >= 15 is 0 Å². The minimum atomic E-state index is -0.392. The third-order valence-corrected chi connectivity index (χ3v) is 4.45. The molecule has 3 aromatic rings. The van der Waals surface area contributed by atoms with Crippen LogP contribution in [0.2, 0.25) is 0 Å². The normalized spacial score (nSPS) is 11.0. The Morgan fingerprint density at radius 3 is 2.37 bits per heavy atom. The van der Waals surface area contributed by atoms with Crippen LogP contribution in [0, 0.1) is 0 Å². The molecule has 0 saturated heterocycles. The third-order valence-electron chi connectivity index (χ3n) is 4.45. The largest absolute Gasteiger partial charge is 0.493 e. The summed E-state index contributed by atoms with van der Waals surface area (Å²) in [6, 6.07) is 20.3. The first-order valence-corrected chi connectivity index (χ1v) is 9.75. The number of nitrogens with one attached hydrogen (secondary N) is 2. The van der Waals surface area contributed by atoms with E-state index in [1.807, 2.05) is 49.4 Å². The predicted molar refractivity (Wildman–Crippen MR) is 120 cm³/mol. The van der Waals surface area contributed by atoms with Crippen molar-refractivity contribution in [2.24, 2.45) is 0 Å². The van der Waals surface area contributed by atoms with Gasteiger partial charge in [0, 0.05) is 17.5 Å². The van der Waals surface area contributed by atoms with Crippen LogP contribution in [-0.4, -0.2) is 25.0 Å². The quantitative estimate of drug-likeness (QED) is 0.437. The Morgan fingerprint density at radius 2 is 1.67 bits per heavy atom. The van der Waals surface area contributed by atoms with Crippen LogP contribution in [0.4, 0.5) is 0 Å². The number of carbonyl (C=O) groups is 2. The molecule has 2 N–H and O–H groups in total. The van der Waals surface area contributed by atoms with Gasteiger partial charge in [-0.25, -0.2) is 0 Å². The molecule has 0 bridgehead atoms. The molecule has 0 heterocycles. The molecule has 0 aliphatic carbocycles. The van der Waals surface area contributed by atoms with Crippen molar-refractivity contribution < 1.29 is 14.3 Å². The van der Waals surface area contributed by atoms with E-state index in [-0.39, 0.29) is 11.6 Å². The Hall–Kier alpha value is -3.86. The fourth-order valence-electron chi connectivity index (χ4n) is 3.06. The van der Waals surface area contributed by atoms with Crippen molar-refractivity contribution in [2.75, 3.05) is 13.2 Å². The van der Waals surface area contributed by atoms with Crippen LogP contribution < -0.4 is 15.4 Å². The Balaban J connectivity index is 2.02. The highest BCUT2D eigenvalue weighted by Crippen LogP contribution is 2.29. The first-order valence-electron chi connectivity index (χ1n) is 9.75. The number of carbonyl (C=O) groups excluding carboxylic acids is 2. The average molecular weight is 400 g/mol. The maximum absolute atomic E-state index is 12.7. The molecular formula is C25H24N2O3. The fraction of sp³-hybridized carbons (Fsp3) is 0.120. The van der Waals surface area contributed by atoms with Crippen molar-refractivity contribution in [3.63, 3.8) is 0 Å². The van der Waals surface area contributed by atoms with Gasteiger partial charge >= 0.3 is 0 Å². The maximum Gasteiger partial charge on any atom is 0.268 e. The molecule has 0 spiro atoms. The van der Waals surface area contributed by atoms with Crippen LogP contribution in [0.25, 0.3) is 16.8 Å². The standard InChI is InChI=1S/C25H24N2O3/c1-3-16-26-25(29)22(27-24(28)18-10-6-5-7-11-18)17-19-14-15-23(30-4-2)21-13-9-8-12-20(19)21/h3,5-15,17H,1,4,16H2,2H3,(H,26,29)(H,27,28). The van der Waals surface area contributed by atoms with E-state index in [0.717, 1.165) is 22.1 Å². The summed E-state index contributed by atoms with van der Waals surface area (Å²) in [5, 5.41) is 7.32. The van der Waals surface area contributed by atoms with Gasteiger partial charge in [0.05, 0.1) is 6.61 Å². The highest BCUT2D eigenvalue weighted by atomic mass is 16.5. The van der Waals surface area contributed by atoms with Crippen molar-refractivity contribution in [3.05, 3.63) is 96.2 Å². The SMILES string of the molecule is C=CCNC(=O)C(=Cc1ccc(OCC)c2ccccc12)NC(=O)c1ccccc1. The first kappa shape index (κ1) is 20.9. The Bertz CT molecular complexity index is 1090. The van der Waals surface area contributed by atoms with Crippen LogP contribution in [0.1, 0.15) is 22.8 Å². The second kappa shape index (κ2) is 10.1. The van der Waals surface area contributed by atoms with Gasteiger partial charge in [-0.1, -0.05) is 54.6 Å². The van der Waals surface area contributed by atoms with Crippen LogP contribution in [0.15, 0.2) is 85.1 Å². The van der Waals surface area contributed by atoms with Gasteiger partial charge in [-0.05, 0) is 42.1 Å². The van der Waals surface area contributed by atoms with Crippen LogP contribution in [0.5, 0.6) is 5.75 Å². The Labute approximate surface area is 176 Å². The van der Waals surface area contributed by atoms with Gasteiger partial charge in [0.15, 0.2) is 0 Å². The lowest BCUT2D eigenvalue weighted by Crippen LogP contribution is -2.34. The molecular weight excluding hydrogens is 376 g/mol. The van der Waals surface area contributed by atoms with Crippen molar-refractivity contribution in [1.29, 1.82) is 0 Å². The van der Waals surface area contributed by atoms with Crippen LogP contribution in [0.3, 0.4) is 0 Å². The molecule has 5 heteroatoms. The van der Waals surface area contributed by atoms with Gasteiger partial charge in [0.1, 0.15) is 11.4 Å². The van der Waals surface area contributed by atoms with E-state index in [1.54, 1.807) is 36.4 Å². The molecule has 0 unspecified atom stereocenters. The van der Waals surface area contributed by atoms with Gasteiger partial charge < -0.3 is 15.4 Å². The topological polar surface area (TPSA) is 67.4 Å². The minimum Gasteiger partial charge on any atom is -0.493 e. The summed E-state index contributed by atoms with van der Waals surface area (Å²) in [7, 11) is 0.